The van der Waals surface area contributed by atoms with Crippen LogP contribution in [-0.2, 0) is 27.7 Å². The maximum absolute atomic E-state index is 13.2. The zero-order valence-electron chi connectivity index (χ0n) is 12.5. The van der Waals surface area contributed by atoms with Crippen molar-refractivity contribution in [2.45, 2.75) is 38.0 Å². The molecule has 0 amide bonds. The van der Waals surface area contributed by atoms with E-state index in [4.69, 9.17) is 4.74 Å². The van der Waals surface area contributed by atoms with E-state index in [0.717, 1.165) is 11.6 Å². The Balaban J connectivity index is 2.27. The van der Waals surface area contributed by atoms with Crippen LogP contribution in [0.1, 0.15) is 36.6 Å². The number of aromatic nitrogens is 1. The van der Waals surface area contributed by atoms with Crippen LogP contribution in [0, 0.1) is 0 Å². The summed E-state index contributed by atoms with van der Waals surface area (Å²) in [5, 5.41) is 9.66. The molecule has 124 valence electrons. The van der Waals surface area contributed by atoms with Crippen molar-refractivity contribution >= 4 is 16.9 Å². The van der Waals surface area contributed by atoms with Gasteiger partial charge in [0, 0.05) is 5.39 Å². The number of halogens is 3. The minimum absolute atomic E-state index is 0.00119. The van der Waals surface area contributed by atoms with Gasteiger partial charge in [0.15, 0.2) is 0 Å². The molecule has 1 aromatic carbocycles. The number of hydrogen-bond donors (Lipinski definition) is 2. The molecular weight excluding hydrogens is 311 g/mol. The summed E-state index contributed by atoms with van der Waals surface area (Å²) in [7, 11) is 0. The maximum Gasteiger partial charge on any atom is 0.418 e. The van der Waals surface area contributed by atoms with Gasteiger partial charge in [-0.1, -0.05) is 19.1 Å². The lowest BCUT2D eigenvalue weighted by Crippen LogP contribution is -2.37. The van der Waals surface area contributed by atoms with E-state index in [1.54, 1.807) is 13.0 Å². The van der Waals surface area contributed by atoms with Gasteiger partial charge in [-0.3, -0.25) is 4.79 Å². The summed E-state index contributed by atoms with van der Waals surface area (Å²) in [5.74, 6) is -1.05. The number of ether oxygens (including phenoxy) is 1. The topological polar surface area (TPSA) is 62.3 Å². The van der Waals surface area contributed by atoms with E-state index in [0.29, 0.717) is 23.9 Å². The molecule has 2 aromatic rings. The van der Waals surface area contributed by atoms with Crippen molar-refractivity contribution in [1.29, 1.82) is 0 Å². The summed E-state index contributed by atoms with van der Waals surface area (Å²) >= 11 is 0. The number of H-pyrrole nitrogens is 1. The molecule has 4 nitrogen and oxygen atoms in total. The fourth-order valence-corrected chi connectivity index (χ4v) is 3.37. The number of carboxylic acid groups (broad SMARTS) is 1. The first-order valence-corrected chi connectivity index (χ1v) is 7.35. The highest BCUT2D eigenvalue weighted by molar-refractivity contribution is 5.88. The molecule has 3 rings (SSSR count). The van der Waals surface area contributed by atoms with Crippen LogP contribution in [0.3, 0.4) is 0 Å². The van der Waals surface area contributed by atoms with Crippen LogP contribution in [0.25, 0.3) is 10.9 Å². The molecule has 23 heavy (non-hydrogen) atoms. The number of fused-ring (bicyclic) bond motifs is 3. The smallest absolute Gasteiger partial charge is 0.418 e. The van der Waals surface area contributed by atoms with E-state index in [2.05, 4.69) is 4.98 Å². The first-order chi connectivity index (χ1) is 10.8. The predicted octanol–water partition coefficient (Wildman–Crippen LogP) is 3.84. The molecule has 1 aliphatic rings. The highest BCUT2D eigenvalue weighted by atomic mass is 19.4. The summed E-state index contributed by atoms with van der Waals surface area (Å²) in [4.78, 5) is 14.0. The van der Waals surface area contributed by atoms with Crippen LogP contribution in [0.2, 0.25) is 0 Å². The van der Waals surface area contributed by atoms with Crippen LogP contribution < -0.4 is 0 Å². The SMILES string of the molecule is CCC1(CC(=O)O)OCCc2c1[nH]c1c(C(F)(F)F)cccc21. The maximum atomic E-state index is 13.2. The number of carbonyl (C=O) groups is 1. The minimum Gasteiger partial charge on any atom is -0.481 e. The van der Waals surface area contributed by atoms with Crippen molar-refractivity contribution in [1.82, 2.24) is 4.98 Å². The van der Waals surface area contributed by atoms with Crippen LogP contribution >= 0.6 is 0 Å². The van der Waals surface area contributed by atoms with Gasteiger partial charge in [-0.25, -0.2) is 0 Å². The molecule has 1 aromatic heterocycles. The number of aliphatic carboxylic acids is 1. The fourth-order valence-electron chi connectivity index (χ4n) is 3.37. The van der Waals surface area contributed by atoms with Gasteiger partial charge in [0.05, 0.1) is 29.8 Å². The molecular formula is C16H16F3NO3. The summed E-state index contributed by atoms with van der Waals surface area (Å²) < 4.78 is 45.4. The molecule has 0 fully saturated rings. The van der Waals surface area contributed by atoms with Crippen LogP contribution in [-0.4, -0.2) is 22.7 Å². The Bertz CT molecular complexity index is 766. The zero-order chi connectivity index (χ0) is 16.8. The van der Waals surface area contributed by atoms with Crippen molar-refractivity contribution < 1.29 is 27.8 Å². The van der Waals surface area contributed by atoms with E-state index in [-0.39, 0.29) is 18.5 Å². The molecule has 0 spiro atoms. The molecule has 1 atom stereocenters. The highest BCUT2D eigenvalue weighted by Crippen LogP contribution is 2.44. The van der Waals surface area contributed by atoms with Crippen molar-refractivity contribution in [3.63, 3.8) is 0 Å². The van der Waals surface area contributed by atoms with Gasteiger partial charge in [0.25, 0.3) is 0 Å². The molecule has 0 radical (unpaired) electrons. The second-order valence-corrected chi connectivity index (χ2v) is 5.72. The summed E-state index contributed by atoms with van der Waals surface area (Å²) in [5.41, 5.74) is -0.675. The molecule has 1 unspecified atom stereocenters. The van der Waals surface area contributed by atoms with Crippen LogP contribution in [0.15, 0.2) is 18.2 Å². The number of alkyl halides is 3. The molecule has 1 aliphatic heterocycles. The summed E-state index contributed by atoms with van der Waals surface area (Å²) in [6, 6.07) is 4.03. The Kier molecular flexibility index (Phi) is 3.63. The second-order valence-electron chi connectivity index (χ2n) is 5.72. The van der Waals surface area contributed by atoms with Crippen molar-refractivity contribution in [2.24, 2.45) is 0 Å². The Labute approximate surface area is 130 Å². The molecule has 0 saturated heterocycles. The molecule has 2 heterocycles. The van der Waals surface area contributed by atoms with Crippen LogP contribution in [0.4, 0.5) is 13.2 Å². The van der Waals surface area contributed by atoms with Gasteiger partial charge in [-0.15, -0.1) is 0 Å². The first kappa shape index (κ1) is 15.9. The van der Waals surface area contributed by atoms with E-state index in [1.165, 1.54) is 6.07 Å². The standard InChI is InChI=1S/C16H16F3NO3/c1-2-15(8-12(21)22)14-10(6-7-23-15)9-4-3-5-11(13(9)20-14)16(17,18)19/h3-5,20H,2,6-8H2,1H3,(H,21,22). The molecule has 7 heteroatoms. The quantitative estimate of drug-likeness (QED) is 0.900. The van der Waals surface area contributed by atoms with Gasteiger partial charge in [-0.2, -0.15) is 13.2 Å². The third-order valence-corrected chi connectivity index (χ3v) is 4.44. The lowest BCUT2D eigenvalue weighted by atomic mass is 9.86. The Morgan fingerprint density at radius 3 is 2.78 bits per heavy atom. The number of hydrogen-bond acceptors (Lipinski definition) is 2. The largest absolute Gasteiger partial charge is 0.481 e. The third kappa shape index (κ3) is 2.49. The summed E-state index contributed by atoms with van der Waals surface area (Å²) in [6.45, 7) is 2.06. The number of carboxylic acids is 1. The highest BCUT2D eigenvalue weighted by Gasteiger charge is 2.42. The third-order valence-electron chi connectivity index (χ3n) is 4.44. The van der Waals surface area contributed by atoms with Crippen molar-refractivity contribution in [2.75, 3.05) is 6.61 Å². The van der Waals surface area contributed by atoms with Gasteiger partial charge in [0.1, 0.15) is 5.60 Å². The fraction of sp³-hybridized carbons (Fsp3) is 0.438. The lowest BCUT2D eigenvalue weighted by molar-refractivity contribution is -0.148. The molecule has 0 saturated carbocycles. The Hall–Kier alpha value is -2.02. The average molecular weight is 327 g/mol. The van der Waals surface area contributed by atoms with E-state index in [9.17, 15) is 23.1 Å². The van der Waals surface area contributed by atoms with Crippen molar-refractivity contribution in [3.05, 3.63) is 35.0 Å². The molecule has 0 aliphatic carbocycles. The van der Waals surface area contributed by atoms with Gasteiger partial charge in [0.2, 0.25) is 0 Å². The van der Waals surface area contributed by atoms with E-state index in [1.807, 2.05) is 0 Å². The molecule has 2 N–H and O–H groups in total. The number of para-hydroxylation sites is 1. The van der Waals surface area contributed by atoms with Crippen LogP contribution in [0.5, 0.6) is 0 Å². The normalized spacial score (nSPS) is 21.4. The lowest BCUT2D eigenvalue weighted by Gasteiger charge is -2.35. The first-order valence-electron chi connectivity index (χ1n) is 7.35. The Morgan fingerprint density at radius 2 is 2.17 bits per heavy atom. The van der Waals surface area contributed by atoms with Gasteiger partial charge in [-0.05, 0) is 24.5 Å². The number of nitrogens with one attached hydrogen (secondary N) is 1. The molecule has 0 bridgehead atoms. The monoisotopic (exact) mass is 327 g/mol. The van der Waals surface area contributed by atoms with Crippen molar-refractivity contribution in [3.8, 4) is 0 Å². The predicted molar refractivity (Wildman–Crippen MR) is 77.2 cm³/mol. The number of aromatic amines is 1. The van der Waals surface area contributed by atoms with Gasteiger partial charge >= 0.3 is 12.1 Å². The van der Waals surface area contributed by atoms with E-state index < -0.39 is 23.3 Å². The number of rotatable bonds is 3. The average Bonchev–Trinajstić information content (AvgIpc) is 2.85. The van der Waals surface area contributed by atoms with E-state index >= 15 is 0 Å². The number of benzene rings is 1. The second kappa shape index (κ2) is 5.26. The van der Waals surface area contributed by atoms with Gasteiger partial charge < -0.3 is 14.8 Å². The zero-order valence-corrected chi connectivity index (χ0v) is 12.5. The summed E-state index contributed by atoms with van der Waals surface area (Å²) in [6.07, 6.45) is -3.95. The minimum atomic E-state index is -4.48. The Morgan fingerprint density at radius 1 is 1.43 bits per heavy atom.